The van der Waals surface area contributed by atoms with Crippen molar-refractivity contribution in [3.05, 3.63) is 132 Å². The van der Waals surface area contributed by atoms with Crippen molar-refractivity contribution >= 4 is 63.3 Å². The third-order valence-electron chi connectivity index (χ3n) is 6.62. The number of aromatic nitrogens is 1. The molecule has 0 aliphatic carbocycles. The first-order valence-electron chi connectivity index (χ1n) is 13.4. The number of hydrogen-bond donors (Lipinski definition) is 2. The molecule has 0 unspecified atom stereocenters. The molecule has 0 bridgehead atoms. The Morgan fingerprint density at radius 3 is 2.18 bits per heavy atom. The number of aryl methyl sites for hydroxylation is 2. The third-order valence-corrected chi connectivity index (χ3v) is 8.22. The monoisotopic (exact) mass is 815 g/mol. The summed E-state index contributed by atoms with van der Waals surface area (Å²) < 4.78 is 21.4. The van der Waals surface area contributed by atoms with Gasteiger partial charge in [-0.15, -0.1) is 0 Å². The van der Waals surface area contributed by atoms with E-state index in [1.54, 1.807) is 42.6 Å². The molecule has 44 heavy (non-hydrogen) atoms. The zero-order chi connectivity index (χ0) is 31.2. The molecule has 5 rings (SSSR count). The normalized spacial score (nSPS) is 11.1. The molecular formula is C33H27I2N3O6. The van der Waals surface area contributed by atoms with Crippen molar-refractivity contribution in [2.45, 2.75) is 27.1 Å². The molecule has 3 aromatic carbocycles. The summed E-state index contributed by atoms with van der Waals surface area (Å²) in [4.78, 5) is 23.6. The summed E-state index contributed by atoms with van der Waals surface area (Å²) in [6.07, 6.45) is 1.55. The van der Waals surface area contributed by atoms with Gasteiger partial charge in [0, 0.05) is 17.1 Å². The Labute approximate surface area is 281 Å². The van der Waals surface area contributed by atoms with Crippen LogP contribution in [0.3, 0.4) is 0 Å². The zero-order valence-electron chi connectivity index (χ0n) is 23.7. The quantitative estimate of drug-likeness (QED) is 0.0811. The number of halogens is 2. The predicted octanol–water partition coefficient (Wildman–Crippen LogP) is 7.52. The van der Waals surface area contributed by atoms with Crippen molar-refractivity contribution < 1.29 is 28.6 Å². The molecule has 0 radical (unpaired) electrons. The lowest BCUT2D eigenvalue weighted by Gasteiger charge is -2.11. The number of aromatic carboxylic acids is 1. The number of carboxylic acid groups (broad SMARTS) is 1. The maximum absolute atomic E-state index is 12.6. The fraction of sp³-hybridized carbons (Fsp3) is 0.121. The molecule has 0 aliphatic heterocycles. The van der Waals surface area contributed by atoms with E-state index in [2.05, 4.69) is 86.3 Å². The summed E-state index contributed by atoms with van der Waals surface area (Å²) in [7, 11) is 0. The molecule has 2 N–H and O–H groups in total. The zero-order valence-corrected chi connectivity index (χ0v) is 28.0. The Balaban J connectivity index is 1.12. The van der Waals surface area contributed by atoms with E-state index in [1.165, 1.54) is 0 Å². The molecule has 224 valence electrons. The lowest BCUT2D eigenvalue weighted by Crippen LogP contribution is -2.16. The number of ether oxygens (including phenoxy) is 2. The molecule has 0 atom stereocenters. The van der Waals surface area contributed by atoms with Crippen LogP contribution in [0.2, 0.25) is 0 Å². The van der Waals surface area contributed by atoms with Crippen molar-refractivity contribution in [2.24, 2.45) is 5.10 Å². The van der Waals surface area contributed by atoms with Gasteiger partial charge in [0.1, 0.15) is 30.5 Å². The smallest absolute Gasteiger partial charge is 0.335 e. The van der Waals surface area contributed by atoms with Crippen LogP contribution < -0.4 is 14.9 Å². The average Bonchev–Trinajstić information content (AvgIpc) is 3.62. The van der Waals surface area contributed by atoms with Crippen molar-refractivity contribution in [1.82, 2.24) is 9.99 Å². The molecule has 0 fully saturated rings. The Morgan fingerprint density at radius 1 is 0.886 bits per heavy atom. The second kappa shape index (κ2) is 14.1. The number of hydrazone groups is 1. The van der Waals surface area contributed by atoms with Crippen LogP contribution >= 0.6 is 45.2 Å². The van der Waals surface area contributed by atoms with E-state index in [0.717, 1.165) is 35.3 Å². The van der Waals surface area contributed by atoms with Gasteiger partial charge in [0.2, 0.25) is 0 Å². The lowest BCUT2D eigenvalue weighted by molar-refractivity contribution is 0.0696. The van der Waals surface area contributed by atoms with E-state index < -0.39 is 11.9 Å². The van der Waals surface area contributed by atoms with Crippen molar-refractivity contribution in [2.75, 3.05) is 0 Å². The summed E-state index contributed by atoms with van der Waals surface area (Å²) in [5.41, 5.74) is 7.74. The molecule has 2 aromatic heterocycles. The summed E-state index contributed by atoms with van der Waals surface area (Å²) >= 11 is 4.36. The minimum absolute atomic E-state index is 0.124. The van der Waals surface area contributed by atoms with Gasteiger partial charge in [-0.25, -0.2) is 10.2 Å². The molecule has 9 nitrogen and oxygen atoms in total. The van der Waals surface area contributed by atoms with Gasteiger partial charge in [-0.2, -0.15) is 5.10 Å². The summed E-state index contributed by atoms with van der Waals surface area (Å²) in [6.45, 7) is 4.61. The van der Waals surface area contributed by atoms with Gasteiger partial charge in [-0.1, -0.05) is 12.1 Å². The highest BCUT2D eigenvalue weighted by Gasteiger charge is 2.13. The molecule has 0 spiro atoms. The average molecular weight is 815 g/mol. The Hall–Kier alpha value is -4.11. The highest BCUT2D eigenvalue weighted by molar-refractivity contribution is 14.1. The van der Waals surface area contributed by atoms with Crippen LogP contribution in [0, 0.1) is 21.0 Å². The van der Waals surface area contributed by atoms with E-state index in [-0.39, 0.29) is 17.9 Å². The van der Waals surface area contributed by atoms with Gasteiger partial charge >= 0.3 is 11.9 Å². The molecule has 2 heterocycles. The minimum Gasteiger partial charge on any atom is -0.487 e. The van der Waals surface area contributed by atoms with Gasteiger partial charge in [0.15, 0.2) is 5.76 Å². The number of hydrogen-bond acceptors (Lipinski definition) is 6. The van der Waals surface area contributed by atoms with Crippen LogP contribution in [-0.2, 0) is 13.2 Å². The highest BCUT2D eigenvalue weighted by Crippen LogP contribution is 2.29. The number of carbonyl (C=O) groups is 2. The van der Waals surface area contributed by atoms with Gasteiger partial charge in [0.25, 0.3) is 0 Å². The first-order chi connectivity index (χ1) is 21.2. The largest absolute Gasteiger partial charge is 0.487 e. The Morgan fingerprint density at radius 2 is 1.55 bits per heavy atom. The van der Waals surface area contributed by atoms with Crippen LogP contribution in [-0.4, -0.2) is 27.8 Å². The molecule has 0 saturated heterocycles. The first kappa shape index (κ1) is 31.3. The van der Waals surface area contributed by atoms with Gasteiger partial charge in [-0.05, 0) is 143 Å². The minimum atomic E-state index is -0.967. The van der Waals surface area contributed by atoms with E-state index >= 15 is 0 Å². The Bertz CT molecular complexity index is 1780. The molecular weight excluding hydrogens is 788 g/mol. The maximum atomic E-state index is 12.6. The fourth-order valence-electron chi connectivity index (χ4n) is 4.41. The highest BCUT2D eigenvalue weighted by atomic mass is 127. The number of nitrogens with zero attached hydrogens (tertiary/aromatic N) is 2. The summed E-state index contributed by atoms with van der Waals surface area (Å²) in [5, 5.41) is 13.1. The number of amides is 1. The number of benzene rings is 3. The van der Waals surface area contributed by atoms with Crippen molar-refractivity contribution in [3.8, 4) is 17.2 Å². The summed E-state index contributed by atoms with van der Waals surface area (Å²) in [6, 6.07) is 25.6. The van der Waals surface area contributed by atoms with E-state index in [1.807, 2.05) is 36.4 Å². The number of carbonyl (C=O) groups excluding carboxylic acids is 1. The van der Waals surface area contributed by atoms with Crippen LogP contribution in [0.1, 0.15) is 49.2 Å². The maximum Gasteiger partial charge on any atom is 0.335 e. The SMILES string of the molecule is Cc1ccc(C)n1-c1ccc(OCc2ccc(C(=O)N/N=C/c3cc(I)c(OCc4ccc(C(=O)O)cc4)c(I)c3)o2)cc1. The molecule has 1 amide bonds. The Kier molecular flexibility index (Phi) is 10.0. The second-order valence-electron chi connectivity index (χ2n) is 9.80. The summed E-state index contributed by atoms with van der Waals surface area (Å²) in [5.74, 6) is 0.593. The van der Waals surface area contributed by atoms with Crippen LogP contribution in [0.15, 0.2) is 94.4 Å². The van der Waals surface area contributed by atoms with E-state index in [0.29, 0.717) is 23.9 Å². The molecule has 5 aromatic rings. The fourth-order valence-corrected chi connectivity index (χ4v) is 6.54. The van der Waals surface area contributed by atoms with Gasteiger partial charge < -0.3 is 23.6 Å². The number of carboxylic acids is 1. The van der Waals surface area contributed by atoms with Crippen molar-refractivity contribution in [3.63, 3.8) is 0 Å². The predicted molar refractivity (Wildman–Crippen MR) is 183 cm³/mol. The number of rotatable bonds is 11. The van der Waals surface area contributed by atoms with Crippen LogP contribution in [0.4, 0.5) is 0 Å². The third kappa shape index (κ3) is 7.69. The van der Waals surface area contributed by atoms with Gasteiger partial charge in [0.05, 0.1) is 18.9 Å². The van der Waals surface area contributed by atoms with Gasteiger partial charge in [-0.3, -0.25) is 4.79 Å². The lowest BCUT2D eigenvalue weighted by atomic mass is 10.1. The molecule has 0 aliphatic rings. The standard InChI is InChI=1S/C33H27I2N3O6/c1-20-3-4-21(2)38(20)25-9-11-26(12-10-25)42-19-27-13-14-30(44-27)32(39)37-36-17-23-15-28(34)31(29(35)16-23)43-18-22-5-7-24(8-6-22)33(40)41/h3-17H,18-19H2,1-2H3,(H,37,39)(H,40,41)/b36-17+. The number of nitrogens with one attached hydrogen (secondary N) is 1. The first-order valence-corrected chi connectivity index (χ1v) is 15.6. The molecule has 0 saturated carbocycles. The van der Waals surface area contributed by atoms with Crippen LogP contribution in [0.25, 0.3) is 5.69 Å². The van der Waals surface area contributed by atoms with E-state index in [4.69, 9.17) is 19.0 Å². The second-order valence-corrected chi connectivity index (χ2v) is 12.1. The molecule has 11 heteroatoms. The number of furan rings is 1. The van der Waals surface area contributed by atoms with Crippen molar-refractivity contribution in [1.29, 1.82) is 0 Å². The van der Waals surface area contributed by atoms with E-state index in [9.17, 15) is 9.59 Å². The topological polar surface area (TPSA) is 115 Å². The van der Waals surface area contributed by atoms with Crippen LogP contribution in [0.5, 0.6) is 11.5 Å².